The van der Waals surface area contributed by atoms with Crippen molar-refractivity contribution in [1.82, 2.24) is 10.6 Å². The lowest BCUT2D eigenvalue weighted by molar-refractivity contribution is -0.156. The molecular formula is C22H36N2O8S. The van der Waals surface area contributed by atoms with Crippen LogP contribution >= 0.6 is 10.6 Å². The van der Waals surface area contributed by atoms with Crippen LogP contribution in [0.1, 0.15) is 47.1 Å². The molecule has 0 bridgehead atoms. The number of nitrogens with one attached hydrogen (secondary N) is 2. The van der Waals surface area contributed by atoms with Crippen molar-refractivity contribution < 1.29 is 37.7 Å². The lowest BCUT2D eigenvalue weighted by atomic mass is 10.2. The van der Waals surface area contributed by atoms with Crippen LogP contribution in [-0.2, 0) is 25.6 Å². The summed E-state index contributed by atoms with van der Waals surface area (Å²) in [6, 6.07) is 7.73. The van der Waals surface area contributed by atoms with Gasteiger partial charge in [-0.15, -0.1) is 0 Å². The van der Waals surface area contributed by atoms with Gasteiger partial charge in [-0.05, 0) is 47.1 Å². The van der Waals surface area contributed by atoms with Gasteiger partial charge in [0.1, 0.15) is 23.9 Å². The van der Waals surface area contributed by atoms with Crippen LogP contribution in [0, 0.1) is 0 Å². The lowest BCUT2D eigenvalue weighted by Crippen LogP contribution is -2.49. The summed E-state index contributed by atoms with van der Waals surface area (Å²) in [5.74, 6) is -1.58. The zero-order valence-electron chi connectivity index (χ0n) is 20.0. The second kappa shape index (κ2) is 12.1. The Bertz CT molecular complexity index is 788. The summed E-state index contributed by atoms with van der Waals surface area (Å²) in [4.78, 5) is 36.5. The van der Waals surface area contributed by atoms with E-state index in [9.17, 15) is 23.5 Å². The molecule has 33 heavy (non-hydrogen) atoms. The normalized spacial score (nSPS) is 13.5. The van der Waals surface area contributed by atoms with E-state index in [1.165, 1.54) is 0 Å². The molecule has 1 rings (SSSR count). The molecule has 0 spiro atoms. The van der Waals surface area contributed by atoms with Crippen LogP contribution in [0.15, 0.2) is 30.3 Å². The Labute approximate surface area is 196 Å². The van der Waals surface area contributed by atoms with Crippen LogP contribution in [-0.4, -0.2) is 62.6 Å². The SMILES string of the molecule is CC(C)(C)OC(=O)NC(CS(O)(O)CCNC(=O)OCc1ccccc1)C(=O)OC(C)(C)C. The van der Waals surface area contributed by atoms with Crippen LogP contribution in [0.25, 0.3) is 0 Å². The average Bonchev–Trinajstić information content (AvgIpc) is 2.63. The molecule has 0 aliphatic rings. The highest BCUT2D eigenvalue weighted by atomic mass is 32.3. The summed E-state index contributed by atoms with van der Waals surface area (Å²) in [7, 11) is -3.37. The number of benzene rings is 1. The second-order valence-corrected chi connectivity index (χ2v) is 11.7. The number of alkyl carbamates (subject to hydrolysis) is 2. The van der Waals surface area contributed by atoms with Crippen LogP contribution in [0.5, 0.6) is 0 Å². The number of carbonyl (C=O) groups is 3. The molecule has 0 saturated carbocycles. The molecule has 2 amide bonds. The predicted molar refractivity (Wildman–Crippen MR) is 126 cm³/mol. The minimum atomic E-state index is -3.37. The summed E-state index contributed by atoms with van der Waals surface area (Å²) >= 11 is 0. The van der Waals surface area contributed by atoms with Crippen molar-refractivity contribution in [3.63, 3.8) is 0 Å². The molecule has 0 aliphatic heterocycles. The summed E-state index contributed by atoms with van der Waals surface area (Å²) in [6.45, 7) is 9.89. The van der Waals surface area contributed by atoms with E-state index in [0.29, 0.717) is 0 Å². The molecule has 0 radical (unpaired) electrons. The molecular weight excluding hydrogens is 452 g/mol. The maximum absolute atomic E-state index is 12.5. The minimum absolute atomic E-state index is 0.0729. The third-order valence-corrected chi connectivity index (χ3v) is 5.45. The van der Waals surface area contributed by atoms with Gasteiger partial charge in [-0.2, -0.15) is 10.6 Å². The van der Waals surface area contributed by atoms with Gasteiger partial charge in [-0.25, -0.2) is 14.4 Å². The van der Waals surface area contributed by atoms with Crippen molar-refractivity contribution in [2.75, 3.05) is 18.1 Å². The first-order chi connectivity index (χ1) is 15.1. The first kappa shape index (κ1) is 28.5. The quantitative estimate of drug-likeness (QED) is 0.303. The monoisotopic (exact) mass is 488 g/mol. The van der Waals surface area contributed by atoms with Crippen molar-refractivity contribution in [3.8, 4) is 0 Å². The Morgan fingerprint density at radius 1 is 0.939 bits per heavy atom. The number of carbonyl (C=O) groups excluding carboxylic acids is 3. The Hall–Kier alpha value is -2.50. The van der Waals surface area contributed by atoms with Gasteiger partial charge >= 0.3 is 18.2 Å². The van der Waals surface area contributed by atoms with Crippen LogP contribution in [0.4, 0.5) is 9.59 Å². The maximum atomic E-state index is 12.5. The lowest BCUT2D eigenvalue weighted by Gasteiger charge is -2.36. The molecule has 0 aliphatic carbocycles. The third kappa shape index (κ3) is 13.6. The summed E-state index contributed by atoms with van der Waals surface area (Å²) in [5.41, 5.74) is -0.849. The minimum Gasteiger partial charge on any atom is -0.458 e. The zero-order valence-corrected chi connectivity index (χ0v) is 20.9. The van der Waals surface area contributed by atoms with E-state index in [0.717, 1.165) is 5.56 Å². The topological polar surface area (TPSA) is 143 Å². The highest BCUT2D eigenvalue weighted by Crippen LogP contribution is 2.38. The molecule has 188 valence electrons. The first-order valence-corrected chi connectivity index (χ1v) is 12.4. The molecule has 0 heterocycles. The first-order valence-electron chi connectivity index (χ1n) is 10.5. The molecule has 4 N–H and O–H groups in total. The van der Waals surface area contributed by atoms with E-state index in [1.807, 2.05) is 18.2 Å². The number of rotatable bonds is 9. The molecule has 10 nitrogen and oxygen atoms in total. The van der Waals surface area contributed by atoms with E-state index >= 15 is 0 Å². The van der Waals surface area contributed by atoms with E-state index in [-0.39, 0.29) is 18.9 Å². The van der Waals surface area contributed by atoms with Gasteiger partial charge in [0.15, 0.2) is 0 Å². The molecule has 0 aromatic heterocycles. The zero-order chi connectivity index (χ0) is 25.3. The average molecular weight is 489 g/mol. The fraction of sp³-hybridized carbons (Fsp3) is 0.591. The van der Waals surface area contributed by atoms with Gasteiger partial charge in [0.05, 0.1) is 11.5 Å². The van der Waals surface area contributed by atoms with Crippen molar-refractivity contribution in [3.05, 3.63) is 35.9 Å². The molecule has 0 fully saturated rings. The highest BCUT2D eigenvalue weighted by Gasteiger charge is 2.32. The Kier molecular flexibility index (Phi) is 10.5. The number of ether oxygens (including phenoxy) is 3. The van der Waals surface area contributed by atoms with Gasteiger partial charge < -0.3 is 24.8 Å². The molecule has 11 heteroatoms. The van der Waals surface area contributed by atoms with Crippen molar-refractivity contribution in [2.24, 2.45) is 0 Å². The smallest absolute Gasteiger partial charge is 0.408 e. The second-order valence-electron chi connectivity index (χ2n) is 9.39. The Morgan fingerprint density at radius 2 is 1.52 bits per heavy atom. The van der Waals surface area contributed by atoms with Gasteiger partial charge in [0, 0.05) is 6.54 Å². The van der Waals surface area contributed by atoms with E-state index in [1.54, 1.807) is 53.7 Å². The fourth-order valence-electron chi connectivity index (χ4n) is 2.43. The van der Waals surface area contributed by atoms with Crippen molar-refractivity contribution in [2.45, 2.75) is 65.4 Å². The molecule has 0 saturated heterocycles. The predicted octanol–water partition coefficient (Wildman–Crippen LogP) is 3.90. The van der Waals surface area contributed by atoms with E-state index < -0.39 is 51.7 Å². The van der Waals surface area contributed by atoms with Crippen LogP contribution < -0.4 is 10.6 Å². The maximum Gasteiger partial charge on any atom is 0.408 e. The van der Waals surface area contributed by atoms with E-state index in [4.69, 9.17) is 14.2 Å². The number of amides is 2. The van der Waals surface area contributed by atoms with Crippen molar-refractivity contribution >= 4 is 28.7 Å². The van der Waals surface area contributed by atoms with Gasteiger partial charge in [0.2, 0.25) is 0 Å². The molecule has 1 aromatic carbocycles. The van der Waals surface area contributed by atoms with Crippen LogP contribution in [0.3, 0.4) is 0 Å². The van der Waals surface area contributed by atoms with Crippen molar-refractivity contribution in [1.29, 1.82) is 0 Å². The molecule has 1 aromatic rings. The number of hydrogen-bond donors (Lipinski definition) is 4. The Balaban J connectivity index is 2.64. The van der Waals surface area contributed by atoms with Gasteiger partial charge in [-0.3, -0.25) is 9.11 Å². The van der Waals surface area contributed by atoms with Crippen LogP contribution in [0.2, 0.25) is 0 Å². The number of esters is 1. The summed E-state index contributed by atoms with van der Waals surface area (Å²) in [5, 5.41) is 4.78. The van der Waals surface area contributed by atoms with E-state index in [2.05, 4.69) is 10.6 Å². The fourth-order valence-corrected chi connectivity index (χ4v) is 3.78. The summed E-state index contributed by atoms with van der Waals surface area (Å²) < 4.78 is 36.4. The standard InChI is InChI=1S/C22H36N2O8S/c1-21(2,3)31-18(25)17(24-20(27)32-22(4,5)6)15-33(28,29)13-12-23-19(26)30-14-16-10-8-7-9-11-16/h7-11,17,28-29H,12-15H2,1-6H3,(H,23,26)(H,24,27). The molecule has 1 atom stereocenters. The largest absolute Gasteiger partial charge is 0.458 e. The summed E-state index contributed by atoms with van der Waals surface area (Å²) in [6.07, 6.45) is -1.61. The van der Waals surface area contributed by atoms with Gasteiger partial charge in [0.25, 0.3) is 0 Å². The Morgan fingerprint density at radius 3 is 2.06 bits per heavy atom. The third-order valence-electron chi connectivity index (χ3n) is 3.73. The van der Waals surface area contributed by atoms with Gasteiger partial charge in [-0.1, -0.05) is 30.3 Å². The highest BCUT2D eigenvalue weighted by molar-refractivity contribution is 8.24. The molecule has 1 unspecified atom stereocenters. The number of hydrogen-bond acceptors (Lipinski definition) is 8.